The number of pyridine rings is 1. The van der Waals surface area contributed by atoms with Crippen LogP contribution in [0.15, 0.2) is 35.4 Å². The first-order valence-electron chi connectivity index (χ1n) is 9.33. The van der Waals surface area contributed by atoms with Gasteiger partial charge in [0.15, 0.2) is 5.65 Å². The van der Waals surface area contributed by atoms with Crippen LogP contribution in [0.25, 0.3) is 11.0 Å². The average Bonchev–Trinajstić information content (AvgIpc) is 3.08. The highest BCUT2D eigenvalue weighted by atomic mass is 16.1. The van der Waals surface area contributed by atoms with E-state index in [2.05, 4.69) is 30.3 Å². The molecule has 0 bridgehead atoms. The monoisotopic (exact) mass is 367 g/mol. The number of aromatic amines is 1. The van der Waals surface area contributed by atoms with Gasteiger partial charge in [0.2, 0.25) is 5.95 Å². The highest BCUT2D eigenvalue weighted by molar-refractivity contribution is 5.74. The van der Waals surface area contributed by atoms with Gasteiger partial charge < -0.3 is 10.2 Å². The quantitative estimate of drug-likeness (QED) is 0.738. The Bertz CT molecular complexity index is 979. The number of hydrogen-bond donors (Lipinski definition) is 2. The van der Waals surface area contributed by atoms with Gasteiger partial charge >= 0.3 is 0 Å². The minimum absolute atomic E-state index is 0.163. The molecule has 0 radical (unpaired) electrons. The first-order chi connectivity index (χ1) is 12.9. The van der Waals surface area contributed by atoms with Crippen LogP contribution in [0.3, 0.4) is 0 Å². The molecule has 0 amide bonds. The molecule has 0 atom stereocenters. The number of nitrogens with one attached hydrogen (secondary N) is 2. The third kappa shape index (κ3) is 3.51. The van der Waals surface area contributed by atoms with Crippen molar-refractivity contribution < 1.29 is 0 Å². The van der Waals surface area contributed by atoms with Gasteiger partial charge in [-0.1, -0.05) is 6.07 Å². The second kappa shape index (κ2) is 6.68. The Morgan fingerprint density at radius 2 is 2.00 bits per heavy atom. The summed E-state index contributed by atoms with van der Waals surface area (Å²) in [5.74, 6) is 1.52. The van der Waals surface area contributed by atoms with Gasteiger partial charge in [0.05, 0.1) is 11.7 Å². The molecule has 0 saturated carbocycles. The maximum Gasteiger partial charge on any atom is 0.263 e. The zero-order valence-electron chi connectivity index (χ0n) is 15.9. The highest BCUT2D eigenvalue weighted by Gasteiger charge is 2.23. The van der Waals surface area contributed by atoms with Gasteiger partial charge in [-0.2, -0.15) is 10.1 Å². The molecular weight excluding hydrogens is 342 g/mol. The van der Waals surface area contributed by atoms with Crippen molar-refractivity contribution in [1.29, 1.82) is 0 Å². The van der Waals surface area contributed by atoms with Crippen LogP contribution in [0.4, 0.5) is 11.8 Å². The lowest BCUT2D eigenvalue weighted by molar-refractivity contribution is 0.366. The second-order valence-corrected chi connectivity index (χ2v) is 7.97. The molecule has 1 fully saturated rings. The lowest BCUT2D eigenvalue weighted by atomic mass is 10.1. The van der Waals surface area contributed by atoms with E-state index in [4.69, 9.17) is 0 Å². The number of rotatable bonds is 3. The summed E-state index contributed by atoms with van der Waals surface area (Å²) in [7, 11) is 0. The molecule has 1 aliphatic heterocycles. The lowest BCUT2D eigenvalue weighted by Crippen LogP contribution is -2.40. The van der Waals surface area contributed by atoms with Crippen molar-refractivity contribution in [1.82, 2.24) is 24.7 Å². The molecule has 8 nitrogen and oxygen atoms in total. The van der Waals surface area contributed by atoms with Crippen LogP contribution in [0.1, 0.15) is 33.6 Å². The number of aromatic nitrogens is 5. The number of piperidine rings is 1. The van der Waals surface area contributed by atoms with Gasteiger partial charge in [0.1, 0.15) is 11.2 Å². The van der Waals surface area contributed by atoms with E-state index in [9.17, 15) is 4.79 Å². The SMILES string of the molecule is CC(C)(C)n1ncc2c(=O)[nH]c(NC3CCN(c4ccccn4)CC3)nc21. The zero-order chi connectivity index (χ0) is 19.0. The molecule has 3 aromatic rings. The fraction of sp³-hybridized carbons (Fsp3) is 0.474. The van der Waals surface area contributed by atoms with Gasteiger partial charge in [0.25, 0.3) is 5.56 Å². The minimum Gasteiger partial charge on any atom is -0.356 e. The van der Waals surface area contributed by atoms with E-state index in [0.29, 0.717) is 17.0 Å². The Hall–Kier alpha value is -2.90. The minimum atomic E-state index is -0.242. The van der Waals surface area contributed by atoms with E-state index < -0.39 is 0 Å². The Balaban J connectivity index is 1.50. The highest BCUT2D eigenvalue weighted by Crippen LogP contribution is 2.21. The van der Waals surface area contributed by atoms with Gasteiger partial charge in [-0.05, 0) is 45.7 Å². The molecule has 1 aliphatic rings. The Morgan fingerprint density at radius 1 is 1.22 bits per heavy atom. The summed E-state index contributed by atoms with van der Waals surface area (Å²) in [5, 5.41) is 8.27. The summed E-state index contributed by atoms with van der Waals surface area (Å²) >= 11 is 0. The first kappa shape index (κ1) is 17.5. The third-order valence-electron chi connectivity index (χ3n) is 4.88. The van der Waals surface area contributed by atoms with Crippen molar-refractivity contribution >= 4 is 22.8 Å². The third-order valence-corrected chi connectivity index (χ3v) is 4.88. The maximum atomic E-state index is 12.4. The Morgan fingerprint density at radius 3 is 2.67 bits per heavy atom. The van der Waals surface area contributed by atoms with E-state index in [0.717, 1.165) is 31.7 Å². The average molecular weight is 367 g/mol. The van der Waals surface area contributed by atoms with Crippen LogP contribution in [0, 0.1) is 0 Å². The number of anilines is 2. The maximum absolute atomic E-state index is 12.4. The van der Waals surface area contributed by atoms with E-state index in [1.807, 2.05) is 45.2 Å². The van der Waals surface area contributed by atoms with Gasteiger partial charge in [-0.3, -0.25) is 9.78 Å². The predicted octanol–water partition coefficient (Wildman–Crippen LogP) is 2.35. The van der Waals surface area contributed by atoms with Crippen molar-refractivity contribution in [3.8, 4) is 0 Å². The van der Waals surface area contributed by atoms with Crippen molar-refractivity contribution in [2.75, 3.05) is 23.3 Å². The fourth-order valence-electron chi connectivity index (χ4n) is 3.46. The van der Waals surface area contributed by atoms with Crippen LogP contribution >= 0.6 is 0 Å². The van der Waals surface area contributed by atoms with E-state index in [1.54, 1.807) is 10.9 Å². The Labute approximate surface area is 157 Å². The van der Waals surface area contributed by atoms with Crippen molar-refractivity contribution in [2.45, 2.75) is 45.2 Å². The number of hydrogen-bond acceptors (Lipinski definition) is 6. The first-order valence-corrected chi connectivity index (χ1v) is 9.33. The molecule has 8 heteroatoms. The Kier molecular flexibility index (Phi) is 4.33. The normalized spacial score (nSPS) is 16.0. The molecule has 4 heterocycles. The number of H-pyrrole nitrogens is 1. The molecule has 3 aromatic heterocycles. The van der Waals surface area contributed by atoms with E-state index in [1.165, 1.54) is 0 Å². The molecule has 2 N–H and O–H groups in total. The fourth-order valence-corrected chi connectivity index (χ4v) is 3.46. The van der Waals surface area contributed by atoms with Crippen molar-refractivity contribution in [3.05, 3.63) is 40.9 Å². The summed E-state index contributed by atoms with van der Waals surface area (Å²) in [6.07, 6.45) is 5.32. The van der Waals surface area contributed by atoms with Crippen LogP contribution < -0.4 is 15.8 Å². The van der Waals surface area contributed by atoms with Crippen LogP contribution in [-0.4, -0.2) is 43.9 Å². The molecule has 0 aliphatic carbocycles. The lowest BCUT2D eigenvalue weighted by Gasteiger charge is -2.33. The summed E-state index contributed by atoms with van der Waals surface area (Å²) in [4.78, 5) is 26.6. The summed E-state index contributed by atoms with van der Waals surface area (Å²) in [6.45, 7) is 7.97. The molecule has 1 saturated heterocycles. The topological polar surface area (TPSA) is 91.7 Å². The summed E-state index contributed by atoms with van der Waals surface area (Å²) in [5.41, 5.74) is 0.206. The smallest absolute Gasteiger partial charge is 0.263 e. The van der Waals surface area contributed by atoms with Crippen molar-refractivity contribution in [2.24, 2.45) is 0 Å². The number of fused-ring (bicyclic) bond motifs is 1. The number of nitrogens with zero attached hydrogens (tertiary/aromatic N) is 5. The second-order valence-electron chi connectivity index (χ2n) is 7.97. The standard InChI is InChI=1S/C19H25N7O/c1-19(2,3)26-16-14(12-21-26)17(27)24-18(23-16)22-13-7-10-25(11-8-13)15-6-4-5-9-20-15/h4-6,9,12-13H,7-8,10-11H2,1-3H3,(H2,22,23,24,27). The van der Waals surface area contributed by atoms with Crippen LogP contribution in [0.5, 0.6) is 0 Å². The van der Waals surface area contributed by atoms with Crippen LogP contribution in [-0.2, 0) is 5.54 Å². The largest absolute Gasteiger partial charge is 0.356 e. The van der Waals surface area contributed by atoms with E-state index >= 15 is 0 Å². The molecular formula is C19H25N7O. The molecule has 142 valence electrons. The van der Waals surface area contributed by atoms with Gasteiger partial charge in [0, 0.05) is 25.3 Å². The molecule has 4 rings (SSSR count). The zero-order valence-corrected chi connectivity index (χ0v) is 15.9. The van der Waals surface area contributed by atoms with E-state index in [-0.39, 0.29) is 17.1 Å². The molecule has 0 aromatic carbocycles. The van der Waals surface area contributed by atoms with Gasteiger partial charge in [-0.15, -0.1) is 0 Å². The summed E-state index contributed by atoms with van der Waals surface area (Å²) in [6, 6.07) is 6.23. The predicted molar refractivity (Wildman–Crippen MR) is 106 cm³/mol. The molecule has 0 spiro atoms. The summed E-state index contributed by atoms with van der Waals surface area (Å²) < 4.78 is 1.80. The van der Waals surface area contributed by atoms with Gasteiger partial charge in [-0.25, -0.2) is 9.67 Å². The van der Waals surface area contributed by atoms with Crippen LogP contribution in [0.2, 0.25) is 0 Å². The molecule has 0 unspecified atom stereocenters. The van der Waals surface area contributed by atoms with Crippen molar-refractivity contribution in [3.63, 3.8) is 0 Å². The molecule has 27 heavy (non-hydrogen) atoms.